The Balaban J connectivity index is 1.69. The predicted molar refractivity (Wildman–Crippen MR) is 97.0 cm³/mol. The first-order chi connectivity index (χ1) is 12.5. The highest BCUT2D eigenvalue weighted by molar-refractivity contribution is 7.89. The van der Waals surface area contributed by atoms with E-state index in [4.69, 9.17) is 0 Å². The molecule has 1 saturated heterocycles. The van der Waals surface area contributed by atoms with E-state index in [-0.39, 0.29) is 36.3 Å². The number of nitrogens with one attached hydrogen (secondary N) is 2. The first-order valence-electron chi connectivity index (χ1n) is 8.77. The van der Waals surface area contributed by atoms with Crippen LogP contribution in [-0.2, 0) is 14.8 Å². The first kappa shape index (κ1) is 18.6. The van der Waals surface area contributed by atoms with E-state index in [1.165, 1.54) is 12.1 Å². The largest absolute Gasteiger partial charge is 0.354 e. The van der Waals surface area contributed by atoms with Crippen molar-refractivity contribution in [1.82, 2.24) is 14.9 Å². The normalized spacial score (nSPS) is 21.2. The number of hydrogen-bond donors (Lipinski definition) is 2. The van der Waals surface area contributed by atoms with Gasteiger partial charge in [0.1, 0.15) is 0 Å². The molecule has 26 heavy (non-hydrogen) atoms. The van der Waals surface area contributed by atoms with E-state index >= 15 is 0 Å². The number of carbonyl (C=O) groups is 2. The standard InChI is InChI=1S/C18H23N3O4S/c22-17-13-21(10-9-19-17)26(24,25)16-8-4-7-15(11-16)18(23)20-12-14-5-2-1-3-6-14/h1-2,4,7-8,11,14H,3,5-6,9-10,12-13H2,(H,19,22)(H,20,23). The summed E-state index contributed by atoms with van der Waals surface area (Å²) in [7, 11) is -3.80. The van der Waals surface area contributed by atoms with Crippen LogP contribution in [0.1, 0.15) is 29.6 Å². The molecule has 1 unspecified atom stereocenters. The lowest BCUT2D eigenvalue weighted by Crippen LogP contribution is -2.49. The van der Waals surface area contributed by atoms with E-state index in [9.17, 15) is 18.0 Å². The van der Waals surface area contributed by atoms with Crippen LogP contribution < -0.4 is 10.6 Å². The molecule has 2 aliphatic rings. The summed E-state index contributed by atoms with van der Waals surface area (Å²) in [6.45, 7) is 0.883. The number of rotatable bonds is 5. The number of piperazine rings is 1. The molecule has 2 amide bonds. The van der Waals surface area contributed by atoms with Gasteiger partial charge in [-0.2, -0.15) is 4.31 Å². The molecule has 0 aromatic heterocycles. The molecule has 1 aromatic carbocycles. The van der Waals surface area contributed by atoms with Crippen molar-refractivity contribution in [3.8, 4) is 0 Å². The topological polar surface area (TPSA) is 95.6 Å². The van der Waals surface area contributed by atoms with Crippen LogP contribution in [0.3, 0.4) is 0 Å². The van der Waals surface area contributed by atoms with Gasteiger partial charge in [-0.3, -0.25) is 9.59 Å². The smallest absolute Gasteiger partial charge is 0.251 e. The number of nitrogens with zero attached hydrogens (tertiary/aromatic N) is 1. The Morgan fingerprint density at radius 1 is 1.31 bits per heavy atom. The minimum absolute atomic E-state index is 0.0282. The SMILES string of the molecule is O=C1CN(S(=O)(=O)c2cccc(C(=O)NCC3CC=CCC3)c2)CCN1. The van der Waals surface area contributed by atoms with E-state index in [1.807, 2.05) is 0 Å². The number of amides is 2. The van der Waals surface area contributed by atoms with Gasteiger partial charge in [0.15, 0.2) is 0 Å². The lowest BCUT2D eigenvalue weighted by molar-refractivity contribution is -0.122. The molecule has 7 nitrogen and oxygen atoms in total. The van der Waals surface area contributed by atoms with Crippen LogP contribution in [0.25, 0.3) is 0 Å². The zero-order chi connectivity index (χ0) is 18.6. The highest BCUT2D eigenvalue weighted by atomic mass is 32.2. The van der Waals surface area contributed by atoms with Crippen molar-refractivity contribution in [1.29, 1.82) is 0 Å². The van der Waals surface area contributed by atoms with Crippen LogP contribution in [0.5, 0.6) is 0 Å². The Bertz CT molecular complexity index is 819. The number of benzene rings is 1. The fraction of sp³-hybridized carbons (Fsp3) is 0.444. The third kappa shape index (κ3) is 4.31. The van der Waals surface area contributed by atoms with Crippen LogP contribution in [0.4, 0.5) is 0 Å². The third-order valence-electron chi connectivity index (χ3n) is 4.67. The van der Waals surface area contributed by atoms with Crippen molar-refractivity contribution in [3.05, 3.63) is 42.0 Å². The Labute approximate surface area is 153 Å². The maximum absolute atomic E-state index is 12.7. The van der Waals surface area contributed by atoms with E-state index in [0.29, 0.717) is 18.0 Å². The lowest BCUT2D eigenvalue weighted by Gasteiger charge is -2.26. The average Bonchev–Trinajstić information content (AvgIpc) is 2.67. The Morgan fingerprint density at radius 2 is 2.15 bits per heavy atom. The summed E-state index contributed by atoms with van der Waals surface area (Å²) in [6, 6.07) is 5.97. The fourth-order valence-corrected chi connectivity index (χ4v) is 4.59. The Morgan fingerprint density at radius 3 is 2.88 bits per heavy atom. The molecule has 1 aliphatic carbocycles. The molecule has 8 heteroatoms. The van der Waals surface area contributed by atoms with E-state index in [2.05, 4.69) is 22.8 Å². The van der Waals surface area contributed by atoms with Gasteiger partial charge in [0.2, 0.25) is 15.9 Å². The van der Waals surface area contributed by atoms with Gasteiger partial charge in [-0.05, 0) is 43.4 Å². The summed E-state index contributed by atoms with van der Waals surface area (Å²) in [5, 5.41) is 5.49. The highest BCUT2D eigenvalue weighted by Gasteiger charge is 2.29. The molecule has 2 N–H and O–H groups in total. The van der Waals surface area contributed by atoms with E-state index in [1.54, 1.807) is 12.1 Å². The van der Waals surface area contributed by atoms with Gasteiger partial charge in [0, 0.05) is 25.2 Å². The van der Waals surface area contributed by atoms with Gasteiger partial charge in [-0.15, -0.1) is 0 Å². The van der Waals surface area contributed by atoms with E-state index in [0.717, 1.165) is 23.6 Å². The number of hydrogen-bond acceptors (Lipinski definition) is 4. The summed E-state index contributed by atoms with van der Waals surface area (Å²) < 4.78 is 26.6. The Kier molecular flexibility index (Phi) is 5.73. The maximum Gasteiger partial charge on any atom is 0.251 e. The average molecular weight is 377 g/mol. The van der Waals surface area contributed by atoms with Crippen LogP contribution in [0.2, 0.25) is 0 Å². The predicted octanol–water partition coefficient (Wildman–Crippen LogP) is 0.893. The third-order valence-corrected chi connectivity index (χ3v) is 6.51. The monoisotopic (exact) mass is 377 g/mol. The minimum Gasteiger partial charge on any atom is -0.354 e. The second-order valence-corrected chi connectivity index (χ2v) is 8.51. The molecule has 0 spiro atoms. The quantitative estimate of drug-likeness (QED) is 0.745. The van der Waals surface area contributed by atoms with Gasteiger partial charge in [0.25, 0.3) is 5.91 Å². The summed E-state index contributed by atoms with van der Waals surface area (Å²) >= 11 is 0. The molecule has 140 valence electrons. The fourth-order valence-electron chi connectivity index (χ4n) is 3.15. The van der Waals surface area contributed by atoms with Gasteiger partial charge in [-0.25, -0.2) is 8.42 Å². The molecule has 1 aliphatic heterocycles. The summed E-state index contributed by atoms with van der Waals surface area (Å²) in [4.78, 5) is 23.9. The minimum atomic E-state index is -3.80. The zero-order valence-electron chi connectivity index (χ0n) is 14.5. The first-order valence-corrected chi connectivity index (χ1v) is 10.2. The molecular weight excluding hydrogens is 354 g/mol. The number of sulfonamides is 1. The molecule has 3 rings (SSSR count). The second kappa shape index (κ2) is 8.01. The molecule has 1 atom stereocenters. The molecular formula is C18H23N3O4S. The number of allylic oxidation sites excluding steroid dienone is 2. The summed E-state index contributed by atoms with van der Waals surface area (Å²) in [5.74, 6) is -0.189. The highest BCUT2D eigenvalue weighted by Crippen LogP contribution is 2.19. The van der Waals surface area contributed by atoms with E-state index < -0.39 is 10.0 Å². The zero-order valence-corrected chi connectivity index (χ0v) is 15.3. The van der Waals surface area contributed by atoms with Crippen LogP contribution in [0, 0.1) is 5.92 Å². The van der Waals surface area contributed by atoms with Crippen molar-refractivity contribution < 1.29 is 18.0 Å². The second-order valence-electron chi connectivity index (χ2n) is 6.58. The van der Waals surface area contributed by atoms with Crippen molar-refractivity contribution >= 4 is 21.8 Å². The summed E-state index contributed by atoms with van der Waals surface area (Å²) in [5.41, 5.74) is 0.305. The molecule has 1 fully saturated rings. The molecule has 0 radical (unpaired) electrons. The van der Waals surface area contributed by atoms with Gasteiger partial charge >= 0.3 is 0 Å². The maximum atomic E-state index is 12.7. The van der Waals surface area contributed by atoms with Gasteiger partial charge in [-0.1, -0.05) is 18.2 Å². The molecule has 0 bridgehead atoms. The van der Waals surface area contributed by atoms with Gasteiger partial charge < -0.3 is 10.6 Å². The summed E-state index contributed by atoms with van der Waals surface area (Å²) in [6.07, 6.45) is 7.29. The van der Waals surface area contributed by atoms with Gasteiger partial charge in [0.05, 0.1) is 11.4 Å². The number of carbonyl (C=O) groups excluding carboxylic acids is 2. The Hall–Kier alpha value is -2.19. The van der Waals surface area contributed by atoms with Crippen LogP contribution >= 0.6 is 0 Å². The molecule has 0 saturated carbocycles. The van der Waals surface area contributed by atoms with Crippen molar-refractivity contribution in [2.75, 3.05) is 26.2 Å². The van der Waals surface area contributed by atoms with Crippen molar-refractivity contribution in [3.63, 3.8) is 0 Å². The molecule has 1 aromatic rings. The molecule has 1 heterocycles. The van der Waals surface area contributed by atoms with Crippen LogP contribution in [-0.4, -0.2) is 50.7 Å². The van der Waals surface area contributed by atoms with Crippen molar-refractivity contribution in [2.24, 2.45) is 5.92 Å². The van der Waals surface area contributed by atoms with Crippen molar-refractivity contribution in [2.45, 2.75) is 24.2 Å². The van der Waals surface area contributed by atoms with Crippen LogP contribution in [0.15, 0.2) is 41.3 Å². The lowest BCUT2D eigenvalue weighted by atomic mass is 9.94.